The summed E-state index contributed by atoms with van der Waals surface area (Å²) in [5.74, 6) is 0.169. The summed E-state index contributed by atoms with van der Waals surface area (Å²) in [5.41, 5.74) is 5.44. The minimum Gasteiger partial charge on any atom is -0.393 e. The smallest absolute Gasteiger partial charge is 0.223 e. The molecule has 1 fully saturated rings. The van der Waals surface area contributed by atoms with E-state index in [1.807, 2.05) is 7.05 Å². The molecule has 1 unspecified atom stereocenters. The Hall–Kier alpha value is -0.720. The van der Waals surface area contributed by atoms with Gasteiger partial charge in [-0.2, -0.15) is 0 Å². The lowest BCUT2D eigenvalue weighted by atomic mass is 10.2. The van der Waals surface area contributed by atoms with Crippen molar-refractivity contribution in [3.8, 4) is 0 Å². The SMILES string of the molecule is CC1CN(C)CCN1CCC(=O)N(C)CCC(N)=S. The van der Waals surface area contributed by atoms with Crippen molar-refractivity contribution in [2.24, 2.45) is 5.73 Å². The van der Waals surface area contributed by atoms with E-state index in [1.54, 1.807) is 4.90 Å². The quantitative estimate of drug-likeness (QED) is 0.704. The number of nitrogens with two attached hydrogens (primary N) is 1. The van der Waals surface area contributed by atoms with Gasteiger partial charge in [0.2, 0.25) is 5.91 Å². The summed E-state index contributed by atoms with van der Waals surface area (Å²) in [6.45, 7) is 6.87. The molecule has 0 aliphatic carbocycles. The highest BCUT2D eigenvalue weighted by atomic mass is 32.1. The van der Waals surface area contributed by atoms with Gasteiger partial charge in [0.1, 0.15) is 0 Å². The molecule has 1 saturated heterocycles. The first-order valence-corrected chi connectivity index (χ1v) is 7.26. The predicted molar refractivity (Wildman–Crippen MR) is 82.2 cm³/mol. The molecule has 0 aromatic rings. The number of likely N-dealkylation sites (N-methyl/N-ethyl adjacent to an activating group) is 1. The summed E-state index contributed by atoms with van der Waals surface area (Å²) in [4.78, 5) is 18.9. The standard InChI is InChI=1S/C13H26N4OS/c1-11-10-15(2)8-9-17(11)7-5-13(18)16(3)6-4-12(14)19/h11H,4-10H2,1-3H3,(H2,14,19). The Bertz CT molecular complexity index is 324. The third-order valence-electron chi connectivity index (χ3n) is 3.70. The lowest BCUT2D eigenvalue weighted by Gasteiger charge is -2.38. The van der Waals surface area contributed by atoms with Crippen LogP contribution < -0.4 is 5.73 Å². The van der Waals surface area contributed by atoms with E-state index in [0.29, 0.717) is 30.4 Å². The second kappa shape index (κ2) is 7.77. The summed E-state index contributed by atoms with van der Waals surface area (Å²) < 4.78 is 0. The summed E-state index contributed by atoms with van der Waals surface area (Å²) in [5, 5.41) is 0. The molecule has 2 N–H and O–H groups in total. The highest BCUT2D eigenvalue weighted by Gasteiger charge is 2.22. The Morgan fingerprint density at radius 2 is 2.11 bits per heavy atom. The van der Waals surface area contributed by atoms with Crippen molar-refractivity contribution >= 4 is 23.1 Å². The second-order valence-electron chi connectivity index (χ2n) is 5.43. The average Bonchev–Trinajstić information content (AvgIpc) is 2.34. The number of amides is 1. The normalized spacial score (nSPS) is 21.3. The highest BCUT2D eigenvalue weighted by molar-refractivity contribution is 7.80. The van der Waals surface area contributed by atoms with Gasteiger partial charge < -0.3 is 15.5 Å². The maximum Gasteiger partial charge on any atom is 0.223 e. The lowest BCUT2D eigenvalue weighted by Crippen LogP contribution is -2.51. The molecule has 19 heavy (non-hydrogen) atoms. The molecule has 1 aliphatic heterocycles. The van der Waals surface area contributed by atoms with Crippen LogP contribution in [0.25, 0.3) is 0 Å². The first kappa shape index (κ1) is 16.3. The van der Waals surface area contributed by atoms with Crippen LogP contribution in [0, 0.1) is 0 Å². The molecule has 0 radical (unpaired) electrons. The van der Waals surface area contributed by atoms with Crippen molar-refractivity contribution in [2.75, 3.05) is 46.8 Å². The van der Waals surface area contributed by atoms with Crippen molar-refractivity contribution in [3.63, 3.8) is 0 Å². The number of nitrogens with zero attached hydrogens (tertiary/aromatic N) is 3. The van der Waals surface area contributed by atoms with Crippen LogP contribution in [-0.4, -0.2) is 78.5 Å². The molecule has 1 atom stereocenters. The van der Waals surface area contributed by atoms with Crippen molar-refractivity contribution in [3.05, 3.63) is 0 Å². The van der Waals surface area contributed by atoms with Crippen LogP contribution >= 0.6 is 12.2 Å². The van der Waals surface area contributed by atoms with Gasteiger partial charge in [-0.25, -0.2) is 0 Å². The average molecular weight is 286 g/mol. The van der Waals surface area contributed by atoms with Gasteiger partial charge in [-0.15, -0.1) is 0 Å². The van der Waals surface area contributed by atoms with Crippen molar-refractivity contribution < 1.29 is 4.79 Å². The number of hydrogen-bond donors (Lipinski definition) is 1. The van der Waals surface area contributed by atoms with Gasteiger partial charge in [-0.1, -0.05) is 12.2 Å². The van der Waals surface area contributed by atoms with Gasteiger partial charge in [0.25, 0.3) is 0 Å². The molecule has 0 spiro atoms. The van der Waals surface area contributed by atoms with Crippen LogP contribution in [0.3, 0.4) is 0 Å². The van der Waals surface area contributed by atoms with Crippen LogP contribution in [0.5, 0.6) is 0 Å². The van der Waals surface area contributed by atoms with Crippen LogP contribution in [-0.2, 0) is 4.79 Å². The number of hydrogen-bond acceptors (Lipinski definition) is 4. The minimum atomic E-state index is 0.169. The summed E-state index contributed by atoms with van der Waals surface area (Å²) >= 11 is 4.82. The zero-order chi connectivity index (χ0) is 14.4. The highest BCUT2D eigenvalue weighted by Crippen LogP contribution is 2.08. The summed E-state index contributed by atoms with van der Waals surface area (Å²) in [6.07, 6.45) is 1.17. The van der Waals surface area contributed by atoms with Crippen molar-refractivity contribution in [1.82, 2.24) is 14.7 Å². The fourth-order valence-corrected chi connectivity index (χ4v) is 2.43. The molecule has 1 amide bonds. The van der Waals surface area contributed by atoms with Gasteiger partial charge in [0, 0.05) is 58.7 Å². The zero-order valence-corrected chi connectivity index (χ0v) is 13.1. The molecule has 0 saturated carbocycles. The molecule has 1 aliphatic rings. The maximum absolute atomic E-state index is 12.0. The third kappa shape index (κ3) is 5.84. The molecule has 5 nitrogen and oxygen atoms in total. The van der Waals surface area contributed by atoms with Crippen LogP contribution in [0.15, 0.2) is 0 Å². The van der Waals surface area contributed by atoms with E-state index >= 15 is 0 Å². The summed E-state index contributed by atoms with van der Waals surface area (Å²) in [6, 6.07) is 0.522. The van der Waals surface area contributed by atoms with Gasteiger partial charge >= 0.3 is 0 Å². The fraction of sp³-hybridized carbons (Fsp3) is 0.846. The molecule has 1 rings (SSSR count). The van der Waals surface area contributed by atoms with E-state index in [-0.39, 0.29) is 5.91 Å². The third-order valence-corrected chi connectivity index (χ3v) is 3.90. The Labute approximate surface area is 121 Å². The fourth-order valence-electron chi connectivity index (χ4n) is 2.34. The monoisotopic (exact) mass is 286 g/mol. The van der Waals surface area contributed by atoms with E-state index in [1.165, 1.54) is 0 Å². The predicted octanol–water partition coefficient (Wildman–Crippen LogP) is 0.147. The number of carbonyl (C=O) groups excluding carboxylic acids is 1. The van der Waals surface area contributed by atoms with E-state index in [9.17, 15) is 4.79 Å². The zero-order valence-electron chi connectivity index (χ0n) is 12.3. The second-order valence-corrected chi connectivity index (χ2v) is 5.95. The van der Waals surface area contributed by atoms with E-state index in [0.717, 1.165) is 26.2 Å². The van der Waals surface area contributed by atoms with Crippen LogP contribution in [0.1, 0.15) is 19.8 Å². The first-order chi connectivity index (χ1) is 8.90. The molecule has 110 valence electrons. The molecule has 0 bridgehead atoms. The number of rotatable bonds is 6. The van der Waals surface area contributed by atoms with E-state index < -0.39 is 0 Å². The first-order valence-electron chi connectivity index (χ1n) is 6.85. The topological polar surface area (TPSA) is 52.8 Å². The van der Waals surface area contributed by atoms with Gasteiger partial charge in [-0.05, 0) is 14.0 Å². The molecule has 0 aromatic carbocycles. The minimum absolute atomic E-state index is 0.169. The number of thiocarbonyl (C=S) groups is 1. The molecule has 0 aromatic heterocycles. The summed E-state index contributed by atoms with van der Waals surface area (Å²) in [7, 11) is 3.95. The van der Waals surface area contributed by atoms with Gasteiger partial charge in [0.15, 0.2) is 0 Å². The van der Waals surface area contributed by atoms with Crippen molar-refractivity contribution in [2.45, 2.75) is 25.8 Å². The molecular formula is C13H26N4OS. The Balaban J connectivity index is 2.27. The van der Waals surface area contributed by atoms with Crippen LogP contribution in [0.4, 0.5) is 0 Å². The van der Waals surface area contributed by atoms with E-state index in [2.05, 4.69) is 23.8 Å². The molecule has 6 heteroatoms. The Morgan fingerprint density at radius 1 is 1.42 bits per heavy atom. The van der Waals surface area contributed by atoms with Crippen LogP contribution in [0.2, 0.25) is 0 Å². The largest absolute Gasteiger partial charge is 0.393 e. The number of carbonyl (C=O) groups is 1. The van der Waals surface area contributed by atoms with Gasteiger partial charge in [-0.3, -0.25) is 9.69 Å². The van der Waals surface area contributed by atoms with Gasteiger partial charge in [0.05, 0.1) is 4.99 Å². The molecule has 1 heterocycles. The lowest BCUT2D eigenvalue weighted by molar-refractivity contribution is -0.130. The Kier molecular flexibility index (Phi) is 6.68. The number of piperazine rings is 1. The van der Waals surface area contributed by atoms with Crippen molar-refractivity contribution in [1.29, 1.82) is 0 Å². The molecular weight excluding hydrogens is 260 g/mol. The van der Waals surface area contributed by atoms with E-state index in [4.69, 9.17) is 18.0 Å². The maximum atomic E-state index is 12.0. The Morgan fingerprint density at radius 3 is 2.68 bits per heavy atom.